The number of benzene rings is 1. The second-order valence-corrected chi connectivity index (χ2v) is 7.56. The molecule has 31 heavy (non-hydrogen) atoms. The Labute approximate surface area is 203 Å². The molecule has 1 aromatic carbocycles. The number of rotatable bonds is 10. The number of nitrogens with one attached hydrogen (secondary N) is 1. The van der Waals surface area contributed by atoms with Crippen LogP contribution >= 0.6 is 0 Å². The van der Waals surface area contributed by atoms with Gasteiger partial charge in [-0.1, -0.05) is 24.3 Å². The van der Waals surface area contributed by atoms with Crippen molar-refractivity contribution >= 4 is 11.9 Å². The predicted molar refractivity (Wildman–Crippen MR) is 105 cm³/mol. The SMILES string of the molecule is CC(NCC(O)CC(=O)[O-])c1nnnn1CCCC(=O)N1CCc2ccccc2C1.[Na+]. The Hall–Kier alpha value is -1.85. The summed E-state index contributed by atoms with van der Waals surface area (Å²) in [6.07, 6.45) is 0.414. The summed E-state index contributed by atoms with van der Waals surface area (Å²) in [5, 5.41) is 34.8. The number of carboxylic acid groups (broad SMARTS) is 1. The summed E-state index contributed by atoms with van der Waals surface area (Å²) in [4.78, 5) is 25.0. The van der Waals surface area contributed by atoms with Crippen LogP contribution in [0.4, 0.5) is 0 Å². The number of aliphatic carboxylic acids is 1. The van der Waals surface area contributed by atoms with Gasteiger partial charge in [0, 0.05) is 45.0 Å². The molecule has 0 fully saturated rings. The molecule has 0 radical (unpaired) electrons. The Morgan fingerprint density at radius 1 is 1.29 bits per heavy atom. The summed E-state index contributed by atoms with van der Waals surface area (Å²) in [5.74, 6) is -0.616. The normalized spacial score (nSPS) is 15.0. The van der Waals surface area contributed by atoms with Crippen molar-refractivity contribution in [2.24, 2.45) is 0 Å². The van der Waals surface area contributed by atoms with Gasteiger partial charge in [0.1, 0.15) is 0 Å². The molecule has 0 spiro atoms. The molecule has 2 unspecified atom stereocenters. The fraction of sp³-hybridized carbons (Fsp3) is 0.550. The first-order valence-corrected chi connectivity index (χ1v) is 10.2. The molecule has 162 valence electrons. The van der Waals surface area contributed by atoms with Gasteiger partial charge in [-0.15, -0.1) is 5.10 Å². The van der Waals surface area contributed by atoms with Crippen LogP contribution in [0.25, 0.3) is 0 Å². The number of tetrazole rings is 1. The van der Waals surface area contributed by atoms with Gasteiger partial charge in [-0.3, -0.25) is 4.79 Å². The number of hydrogen-bond donors (Lipinski definition) is 2. The molecule has 1 aliphatic rings. The zero-order valence-electron chi connectivity index (χ0n) is 18.0. The average Bonchev–Trinajstić information content (AvgIpc) is 3.19. The van der Waals surface area contributed by atoms with Crippen LogP contribution < -0.4 is 40.0 Å². The number of carboxylic acids is 1. The Morgan fingerprint density at radius 2 is 2.03 bits per heavy atom. The number of aryl methyl sites for hydroxylation is 1. The summed E-state index contributed by atoms with van der Waals surface area (Å²) in [5.41, 5.74) is 2.52. The monoisotopic (exact) mass is 438 g/mol. The van der Waals surface area contributed by atoms with E-state index in [0.29, 0.717) is 31.8 Å². The van der Waals surface area contributed by atoms with Gasteiger partial charge >= 0.3 is 29.6 Å². The van der Waals surface area contributed by atoms with E-state index in [1.54, 1.807) is 4.68 Å². The van der Waals surface area contributed by atoms with Crippen LogP contribution in [0.1, 0.15) is 49.2 Å². The first-order valence-electron chi connectivity index (χ1n) is 10.2. The molecule has 2 N–H and O–H groups in total. The molecule has 0 saturated carbocycles. The molecule has 10 nitrogen and oxygen atoms in total. The van der Waals surface area contributed by atoms with Crippen molar-refractivity contribution in [1.82, 2.24) is 30.4 Å². The quantitative estimate of drug-likeness (QED) is 0.361. The summed E-state index contributed by atoms with van der Waals surface area (Å²) >= 11 is 0. The Kier molecular flexibility index (Phi) is 10.0. The van der Waals surface area contributed by atoms with Gasteiger partial charge < -0.3 is 25.2 Å². The van der Waals surface area contributed by atoms with E-state index in [1.165, 1.54) is 11.1 Å². The number of fused-ring (bicyclic) bond motifs is 1. The van der Waals surface area contributed by atoms with Gasteiger partial charge in [-0.2, -0.15) is 0 Å². The van der Waals surface area contributed by atoms with Crippen LogP contribution in [-0.2, 0) is 29.1 Å². The first kappa shape index (κ1) is 25.4. The molecule has 0 bridgehead atoms. The third kappa shape index (κ3) is 7.36. The van der Waals surface area contributed by atoms with E-state index in [2.05, 4.69) is 33.0 Å². The van der Waals surface area contributed by atoms with Crippen molar-refractivity contribution in [1.29, 1.82) is 0 Å². The molecule has 11 heteroatoms. The first-order chi connectivity index (χ1) is 14.4. The fourth-order valence-corrected chi connectivity index (χ4v) is 3.60. The second kappa shape index (κ2) is 12.3. The molecule has 2 heterocycles. The van der Waals surface area contributed by atoms with Gasteiger partial charge in [0.05, 0.1) is 12.1 Å². The zero-order chi connectivity index (χ0) is 21.5. The Morgan fingerprint density at radius 3 is 2.77 bits per heavy atom. The van der Waals surface area contributed by atoms with Crippen LogP contribution in [0.3, 0.4) is 0 Å². The van der Waals surface area contributed by atoms with E-state index >= 15 is 0 Å². The molecule has 1 amide bonds. The van der Waals surface area contributed by atoms with Crippen LogP contribution in [0.2, 0.25) is 0 Å². The van der Waals surface area contributed by atoms with Crippen molar-refractivity contribution in [3.63, 3.8) is 0 Å². The van der Waals surface area contributed by atoms with Crippen LogP contribution in [-0.4, -0.2) is 61.3 Å². The van der Waals surface area contributed by atoms with Crippen LogP contribution in [0.15, 0.2) is 24.3 Å². The average molecular weight is 438 g/mol. The van der Waals surface area contributed by atoms with Crippen LogP contribution in [0, 0.1) is 0 Å². The third-order valence-electron chi connectivity index (χ3n) is 5.25. The van der Waals surface area contributed by atoms with E-state index in [9.17, 15) is 19.8 Å². The van der Waals surface area contributed by atoms with Gasteiger partial charge in [0.15, 0.2) is 5.82 Å². The van der Waals surface area contributed by atoms with Crippen molar-refractivity contribution in [3.05, 3.63) is 41.2 Å². The standard InChI is InChI=1S/C20H28N6O4.Na/c1-14(21-12-17(27)11-19(29)30)20-22-23-24-26(20)9-4-7-18(28)25-10-8-15-5-2-3-6-16(15)13-25;/h2-3,5-6,14,17,21,27H,4,7-13H2,1H3,(H,29,30);/q;+1/p-1. The minimum atomic E-state index is -1.30. The topological polar surface area (TPSA) is 136 Å². The van der Waals surface area contributed by atoms with Gasteiger partial charge in [0.25, 0.3) is 0 Å². The molecule has 1 aliphatic heterocycles. The van der Waals surface area contributed by atoms with E-state index in [0.717, 1.165) is 13.0 Å². The van der Waals surface area contributed by atoms with Crippen molar-refractivity contribution in [3.8, 4) is 0 Å². The molecule has 3 rings (SSSR count). The van der Waals surface area contributed by atoms with Gasteiger partial charge in [-0.25, -0.2) is 4.68 Å². The molecule has 0 aliphatic carbocycles. The van der Waals surface area contributed by atoms with Crippen molar-refractivity contribution < 1.29 is 49.4 Å². The van der Waals surface area contributed by atoms with Gasteiger partial charge in [0.2, 0.25) is 5.91 Å². The number of carbonyl (C=O) groups excluding carboxylic acids is 2. The smallest absolute Gasteiger partial charge is 0.550 e. The second-order valence-electron chi connectivity index (χ2n) is 7.56. The predicted octanol–water partition coefficient (Wildman–Crippen LogP) is -3.81. The molecular formula is C20H27N6NaO4. The molecular weight excluding hydrogens is 411 g/mol. The summed E-state index contributed by atoms with van der Waals surface area (Å²) < 4.78 is 1.63. The number of aliphatic hydroxyl groups is 1. The van der Waals surface area contributed by atoms with Crippen LogP contribution in [0.5, 0.6) is 0 Å². The Bertz CT molecular complexity index is 877. The van der Waals surface area contributed by atoms with E-state index in [1.807, 2.05) is 24.0 Å². The maximum Gasteiger partial charge on any atom is 1.00 e. The summed E-state index contributed by atoms with van der Waals surface area (Å²) in [7, 11) is 0. The number of aliphatic hydroxyl groups excluding tert-OH is 1. The van der Waals surface area contributed by atoms with Crippen molar-refractivity contribution in [2.75, 3.05) is 13.1 Å². The third-order valence-corrected chi connectivity index (χ3v) is 5.25. The molecule has 0 saturated heterocycles. The van der Waals surface area contributed by atoms with E-state index < -0.39 is 18.5 Å². The fourth-order valence-electron chi connectivity index (χ4n) is 3.60. The molecule has 1 aromatic heterocycles. The zero-order valence-corrected chi connectivity index (χ0v) is 20.0. The number of nitrogens with zero attached hydrogens (tertiary/aromatic N) is 5. The number of hydrogen-bond acceptors (Lipinski definition) is 8. The summed E-state index contributed by atoms with van der Waals surface area (Å²) in [6.45, 7) is 3.79. The van der Waals surface area contributed by atoms with Crippen molar-refractivity contribution in [2.45, 2.75) is 57.8 Å². The number of carbonyl (C=O) groups is 2. The maximum atomic E-state index is 12.6. The molecule has 2 atom stereocenters. The number of aromatic nitrogens is 4. The van der Waals surface area contributed by atoms with Gasteiger partial charge in [-0.05, 0) is 41.3 Å². The van der Waals surface area contributed by atoms with E-state index in [-0.39, 0.29) is 48.1 Å². The van der Waals surface area contributed by atoms with E-state index in [4.69, 9.17) is 0 Å². The molecule has 2 aromatic rings. The minimum absolute atomic E-state index is 0. The Balaban J connectivity index is 0.00000341. The summed E-state index contributed by atoms with van der Waals surface area (Å²) in [6, 6.07) is 7.92. The minimum Gasteiger partial charge on any atom is -0.550 e. The maximum absolute atomic E-state index is 12.6. The largest absolute Gasteiger partial charge is 1.00 e. The number of amides is 1.